The number of terminal acetylenes is 1. The first-order valence-corrected chi connectivity index (χ1v) is 11.0. The second-order valence-electron chi connectivity index (χ2n) is 9.32. The lowest BCUT2D eigenvalue weighted by Gasteiger charge is -2.29. The molecule has 7 nitrogen and oxygen atoms in total. The SMILES string of the molecule is C#CCCC(NC(=O)[C@@H]1CCCC(C(=O)[C@@H](N)C(C)(C)C)CC1)C(=O)C(=O)NCC=C. The third-order valence-corrected chi connectivity index (χ3v) is 5.82. The predicted octanol–water partition coefficient (Wildman–Crippen LogP) is 1.89. The summed E-state index contributed by atoms with van der Waals surface area (Å²) in [6, 6.07) is -1.51. The van der Waals surface area contributed by atoms with Gasteiger partial charge in [0.1, 0.15) is 0 Å². The van der Waals surface area contributed by atoms with Gasteiger partial charge in [-0.2, -0.15) is 0 Å². The minimum Gasteiger partial charge on any atom is -0.346 e. The molecule has 0 spiro atoms. The van der Waals surface area contributed by atoms with Gasteiger partial charge < -0.3 is 16.4 Å². The maximum absolute atomic E-state index is 12.9. The lowest BCUT2D eigenvalue weighted by atomic mass is 9.79. The van der Waals surface area contributed by atoms with E-state index in [2.05, 4.69) is 23.1 Å². The molecule has 0 aromatic heterocycles. The van der Waals surface area contributed by atoms with E-state index >= 15 is 0 Å². The Morgan fingerprint density at radius 2 is 1.77 bits per heavy atom. The molecule has 2 unspecified atom stereocenters. The van der Waals surface area contributed by atoms with Gasteiger partial charge in [0.25, 0.3) is 5.91 Å². The van der Waals surface area contributed by atoms with Crippen molar-refractivity contribution in [1.29, 1.82) is 0 Å². The van der Waals surface area contributed by atoms with Gasteiger partial charge in [-0.3, -0.25) is 19.2 Å². The van der Waals surface area contributed by atoms with E-state index < -0.39 is 23.8 Å². The maximum Gasteiger partial charge on any atom is 0.289 e. The van der Waals surface area contributed by atoms with Crippen molar-refractivity contribution in [2.24, 2.45) is 23.0 Å². The molecule has 0 radical (unpaired) electrons. The fourth-order valence-electron chi connectivity index (χ4n) is 3.73. The number of ketones is 2. The molecule has 172 valence electrons. The van der Waals surface area contributed by atoms with E-state index in [4.69, 9.17) is 12.2 Å². The zero-order valence-electron chi connectivity index (χ0n) is 19.0. The van der Waals surface area contributed by atoms with Crippen LogP contribution >= 0.6 is 0 Å². The molecule has 0 aromatic carbocycles. The molecule has 1 saturated carbocycles. The molecule has 0 aromatic rings. The Hall–Kier alpha value is -2.46. The van der Waals surface area contributed by atoms with Gasteiger partial charge in [0.15, 0.2) is 5.78 Å². The molecule has 31 heavy (non-hydrogen) atoms. The van der Waals surface area contributed by atoms with Crippen molar-refractivity contribution < 1.29 is 19.2 Å². The number of carbonyl (C=O) groups is 4. The van der Waals surface area contributed by atoms with Crippen molar-refractivity contribution in [3.63, 3.8) is 0 Å². The van der Waals surface area contributed by atoms with Crippen LogP contribution in [0.4, 0.5) is 0 Å². The molecule has 4 atom stereocenters. The molecular formula is C24H37N3O4. The average molecular weight is 432 g/mol. The fourth-order valence-corrected chi connectivity index (χ4v) is 3.73. The van der Waals surface area contributed by atoms with Crippen molar-refractivity contribution in [2.75, 3.05) is 6.54 Å². The number of amides is 2. The summed E-state index contributed by atoms with van der Waals surface area (Å²) in [5.74, 6) is 0.243. The van der Waals surface area contributed by atoms with Crippen molar-refractivity contribution in [1.82, 2.24) is 10.6 Å². The standard InChI is InChI=1S/C24H37N3O4/c1-6-8-12-18(20(29)23(31)26-15-7-2)27-22(30)17-11-9-10-16(13-14-17)19(28)21(25)24(3,4)5/h1,7,16-18,21H,2,8-15,25H2,3-5H3,(H,26,31)(H,27,30)/t16?,17-,18?,21-/m1/s1. The van der Waals surface area contributed by atoms with Crippen LogP contribution < -0.4 is 16.4 Å². The highest BCUT2D eigenvalue weighted by Gasteiger charge is 2.35. The summed E-state index contributed by atoms with van der Waals surface area (Å²) in [6.45, 7) is 9.49. The third kappa shape index (κ3) is 8.29. The number of nitrogens with one attached hydrogen (secondary N) is 2. The van der Waals surface area contributed by atoms with Crippen LogP contribution in [0.25, 0.3) is 0 Å². The second kappa shape index (κ2) is 12.4. The molecule has 4 N–H and O–H groups in total. The summed E-state index contributed by atoms with van der Waals surface area (Å²) in [4.78, 5) is 50.1. The Labute approximate surface area is 186 Å². The normalized spacial score (nSPS) is 21.0. The highest BCUT2D eigenvalue weighted by Crippen LogP contribution is 2.31. The molecule has 0 heterocycles. The number of rotatable bonds is 10. The molecule has 1 fully saturated rings. The molecule has 1 aliphatic carbocycles. The second-order valence-corrected chi connectivity index (χ2v) is 9.32. The van der Waals surface area contributed by atoms with Crippen LogP contribution in [-0.2, 0) is 19.2 Å². The van der Waals surface area contributed by atoms with Crippen molar-refractivity contribution in [3.8, 4) is 12.3 Å². The van der Waals surface area contributed by atoms with E-state index in [1.54, 1.807) is 0 Å². The lowest BCUT2D eigenvalue weighted by Crippen LogP contribution is -2.49. The smallest absolute Gasteiger partial charge is 0.289 e. The Balaban J connectivity index is 2.76. The van der Waals surface area contributed by atoms with Crippen LogP contribution in [-0.4, -0.2) is 42.0 Å². The summed E-state index contributed by atoms with van der Waals surface area (Å²) in [7, 11) is 0. The zero-order chi connectivity index (χ0) is 23.6. The summed E-state index contributed by atoms with van der Waals surface area (Å²) in [6.07, 6.45) is 10.4. The van der Waals surface area contributed by atoms with Gasteiger partial charge in [0.05, 0.1) is 12.1 Å². The van der Waals surface area contributed by atoms with Crippen molar-refractivity contribution >= 4 is 23.4 Å². The Morgan fingerprint density at radius 3 is 2.35 bits per heavy atom. The molecule has 0 saturated heterocycles. The average Bonchev–Trinajstić information content (AvgIpc) is 2.98. The summed E-state index contributed by atoms with van der Waals surface area (Å²) >= 11 is 0. The zero-order valence-corrected chi connectivity index (χ0v) is 19.0. The number of hydrogen-bond donors (Lipinski definition) is 3. The number of carbonyl (C=O) groups excluding carboxylic acids is 4. The first-order chi connectivity index (χ1) is 14.5. The van der Waals surface area contributed by atoms with Gasteiger partial charge in [-0.25, -0.2) is 0 Å². The van der Waals surface area contributed by atoms with Crippen molar-refractivity contribution in [2.45, 2.75) is 77.8 Å². The van der Waals surface area contributed by atoms with Gasteiger partial charge in [-0.1, -0.05) is 33.3 Å². The third-order valence-electron chi connectivity index (χ3n) is 5.82. The summed E-state index contributed by atoms with van der Waals surface area (Å²) in [5.41, 5.74) is 5.84. The predicted molar refractivity (Wildman–Crippen MR) is 121 cm³/mol. The van der Waals surface area contributed by atoms with Crippen LogP contribution in [0.2, 0.25) is 0 Å². The van der Waals surface area contributed by atoms with Crippen LogP contribution in [0.5, 0.6) is 0 Å². The van der Waals surface area contributed by atoms with E-state index in [-0.39, 0.29) is 48.3 Å². The van der Waals surface area contributed by atoms with Gasteiger partial charge in [0.2, 0.25) is 11.7 Å². The highest BCUT2D eigenvalue weighted by atomic mass is 16.2. The Morgan fingerprint density at radius 1 is 1.16 bits per heavy atom. The van der Waals surface area contributed by atoms with Crippen LogP contribution in [0.3, 0.4) is 0 Å². The van der Waals surface area contributed by atoms with Crippen molar-refractivity contribution in [3.05, 3.63) is 12.7 Å². The Bertz CT molecular complexity index is 717. The van der Waals surface area contributed by atoms with Gasteiger partial charge >= 0.3 is 0 Å². The van der Waals surface area contributed by atoms with E-state index in [1.807, 2.05) is 20.8 Å². The van der Waals surface area contributed by atoms with E-state index in [0.717, 1.165) is 6.42 Å². The highest BCUT2D eigenvalue weighted by molar-refractivity contribution is 6.38. The molecule has 1 aliphatic rings. The molecule has 1 rings (SSSR count). The van der Waals surface area contributed by atoms with Crippen LogP contribution in [0, 0.1) is 29.6 Å². The summed E-state index contributed by atoms with van der Waals surface area (Å²) in [5, 5.41) is 5.15. The minimum absolute atomic E-state index is 0.0505. The van der Waals surface area contributed by atoms with Gasteiger partial charge in [-0.05, 0) is 37.5 Å². The van der Waals surface area contributed by atoms with Gasteiger partial charge in [0, 0.05) is 24.8 Å². The summed E-state index contributed by atoms with van der Waals surface area (Å²) < 4.78 is 0. The quantitative estimate of drug-likeness (QED) is 0.211. The molecule has 0 bridgehead atoms. The fraction of sp³-hybridized carbons (Fsp3) is 0.667. The van der Waals surface area contributed by atoms with E-state index in [1.165, 1.54) is 6.08 Å². The molecule has 0 aliphatic heterocycles. The lowest BCUT2D eigenvalue weighted by molar-refractivity contribution is -0.140. The topological polar surface area (TPSA) is 118 Å². The minimum atomic E-state index is -0.969. The van der Waals surface area contributed by atoms with Gasteiger partial charge in [-0.15, -0.1) is 18.9 Å². The van der Waals surface area contributed by atoms with Crippen LogP contribution in [0.15, 0.2) is 12.7 Å². The molecular weight excluding hydrogens is 394 g/mol. The molecule has 2 amide bonds. The number of nitrogens with two attached hydrogens (primary N) is 1. The first-order valence-electron chi connectivity index (χ1n) is 11.0. The largest absolute Gasteiger partial charge is 0.346 e. The van der Waals surface area contributed by atoms with E-state index in [0.29, 0.717) is 25.7 Å². The first kappa shape index (κ1) is 26.6. The maximum atomic E-state index is 12.9. The van der Waals surface area contributed by atoms with E-state index in [9.17, 15) is 19.2 Å². The number of hydrogen-bond acceptors (Lipinski definition) is 5. The Kier molecular flexibility index (Phi) is 10.6. The van der Waals surface area contributed by atoms with Crippen LogP contribution in [0.1, 0.15) is 65.7 Å². The monoisotopic (exact) mass is 431 g/mol. The molecule has 7 heteroatoms. The number of Topliss-reactive ketones (excluding diaryl/α,β-unsaturated/α-hetero) is 2.